The van der Waals surface area contributed by atoms with Crippen molar-refractivity contribution in [3.05, 3.63) is 29.3 Å². The van der Waals surface area contributed by atoms with Crippen LogP contribution in [0.3, 0.4) is 0 Å². The van der Waals surface area contributed by atoms with E-state index in [2.05, 4.69) is 16.7 Å². The average molecular weight is 276 g/mol. The van der Waals surface area contributed by atoms with Crippen LogP contribution in [0.5, 0.6) is 5.75 Å². The molecule has 1 amide bonds. The van der Waals surface area contributed by atoms with Crippen LogP contribution in [0.4, 0.5) is 4.79 Å². The molecule has 0 radical (unpaired) electrons. The molecule has 108 valence electrons. The Morgan fingerprint density at radius 3 is 3.15 bits per heavy atom. The fourth-order valence-corrected chi connectivity index (χ4v) is 2.96. The summed E-state index contributed by atoms with van der Waals surface area (Å²) in [5.74, 6) is 0.922. The smallest absolute Gasteiger partial charge is 0.407 e. The second-order valence-electron chi connectivity index (χ2n) is 5.28. The summed E-state index contributed by atoms with van der Waals surface area (Å²) in [7, 11) is 2.00. The third-order valence-electron chi connectivity index (χ3n) is 3.99. The van der Waals surface area contributed by atoms with E-state index in [1.54, 1.807) is 0 Å². The Labute approximate surface area is 118 Å². The number of fused-ring (bicyclic) bond motifs is 1. The molecular weight excluding hydrogens is 256 g/mol. The molecule has 1 fully saturated rings. The van der Waals surface area contributed by atoms with Gasteiger partial charge in [-0.25, -0.2) is 4.79 Å². The highest BCUT2D eigenvalue weighted by Crippen LogP contribution is 2.35. The van der Waals surface area contributed by atoms with Gasteiger partial charge in [-0.15, -0.1) is 0 Å². The minimum Gasteiger partial charge on any atom is -0.489 e. The number of rotatable bonds is 4. The van der Waals surface area contributed by atoms with Gasteiger partial charge in [-0.2, -0.15) is 0 Å². The molecule has 2 N–H and O–H groups in total. The second kappa shape index (κ2) is 5.71. The Balaban J connectivity index is 1.72. The predicted molar refractivity (Wildman–Crippen MR) is 74.9 cm³/mol. The molecule has 2 unspecified atom stereocenters. The molecule has 0 bridgehead atoms. The zero-order valence-corrected chi connectivity index (χ0v) is 11.6. The van der Waals surface area contributed by atoms with Crippen molar-refractivity contribution >= 4 is 6.09 Å². The van der Waals surface area contributed by atoms with Gasteiger partial charge in [0.15, 0.2) is 6.10 Å². The van der Waals surface area contributed by atoms with E-state index in [4.69, 9.17) is 9.47 Å². The molecular formula is C15H20N2O3. The van der Waals surface area contributed by atoms with Crippen molar-refractivity contribution < 1.29 is 14.3 Å². The van der Waals surface area contributed by atoms with Crippen LogP contribution in [0.2, 0.25) is 0 Å². The molecule has 0 spiro atoms. The lowest BCUT2D eigenvalue weighted by Gasteiger charge is -2.27. The van der Waals surface area contributed by atoms with Gasteiger partial charge in [-0.05, 0) is 43.5 Å². The van der Waals surface area contributed by atoms with Crippen LogP contribution in [0, 0.1) is 0 Å². The number of alkyl carbamates (subject to hydrolysis) is 1. The van der Waals surface area contributed by atoms with E-state index < -0.39 is 0 Å². The van der Waals surface area contributed by atoms with Crippen LogP contribution in [0.25, 0.3) is 0 Å². The fraction of sp³-hybridized carbons (Fsp3) is 0.533. The number of amides is 1. The van der Waals surface area contributed by atoms with E-state index in [1.165, 1.54) is 17.5 Å². The standard InChI is InChI=1S/C15H20N2O3/c1-16-13-6-2-5-12-11(13)4-3-7-14(12)19-9-10-8-17-15(18)20-10/h3-4,7,10,13,16H,2,5-6,8-9H2,1H3,(H,17,18). The highest BCUT2D eigenvalue weighted by Gasteiger charge is 2.25. The largest absolute Gasteiger partial charge is 0.489 e. The van der Waals surface area contributed by atoms with Gasteiger partial charge in [0.2, 0.25) is 0 Å². The third-order valence-corrected chi connectivity index (χ3v) is 3.99. The third kappa shape index (κ3) is 2.58. The molecule has 1 aliphatic heterocycles. The van der Waals surface area contributed by atoms with Crippen molar-refractivity contribution in [2.75, 3.05) is 20.2 Å². The van der Waals surface area contributed by atoms with E-state index in [-0.39, 0.29) is 12.2 Å². The number of hydrogen-bond donors (Lipinski definition) is 2. The topological polar surface area (TPSA) is 59.6 Å². The summed E-state index contributed by atoms with van der Waals surface area (Å²) in [6, 6.07) is 6.61. The summed E-state index contributed by atoms with van der Waals surface area (Å²) >= 11 is 0. The summed E-state index contributed by atoms with van der Waals surface area (Å²) in [4.78, 5) is 11.0. The Morgan fingerprint density at radius 1 is 1.50 bits per heavy atom. The Bertz CT molecular complexity index is 504. The molecule has 1 heterocycles. The van der Waals surface area contributed by atoms with Gasteiger partial charge >= 0.3 is 6.09 Å². The molecule has 1 saturated heterocycles. The van der Waals surface area contributed by atoms with E-state index >= 15 is 0 Å². The van der Waals surface area contributed by atoms with Gasteiger partial charge in [0, 0.05) is 6.04 Å². The lowest BCUT2D eigenvalue weighted by molar-refractivity contribution is 0.104. The van der Waals surface area contributed by atoms with Crippen LogP contribution in [-0.2, 0) is 11.2 Å². The number of nitrogens with one attached hydrogen (secondary N) is 2. The van der Waals surface area contributed by atoms with Crippen molar-refractivity contribution in [2.24, 2.45) is 0 Å². The SMILES string of the molecule is CNC1CCCc2c(OCC3CNC(=O)O3)cccc21. The Kier molecular flexibility index (Phi) is 3.78. The second-order valence-corrected chi connectivity index (χ2v) is 5.28. The van der Waals surface area contributed by atoms with Crippen molar-refractivity contribution in [1.82, 2.24) is 10.6 Å². The van der Waals surface area contributed by atoms with Crippen LogP contribution in [-0.4, -0.2) is 32.4 Å². The normalized spacial score (nSPS) is 24.8. The number of carbonyl (C=O) groups excluding carboxylic acids is 1. The lowest BCUT2D eigenvalue weighted by atomic mass is 9.87. The van der Waals surface area contributed by atoms with Crippen LogP contribution in [0.15, 0.2) is 18.2 Å². The first-order chi connectivity index (χ1) is 9.78. The molecule has 2 atom stereocenters. The quantitative estimate of drug-likeness (QED) is 0.880. The number of benzene rings is 1. The molecule has 2 aliphatic rings. The maximum Gasteiger partial charge on any atom is 0.407 e. The van der Waals surface area contributed by atoms with Gasteiger partial charge in [-0.1, -0.05) is 12.1 Å². The maximum atomic E-state index is 11.0. The zero-order chi connectivity index (χ0) is 13.9. The fourth-order valence-electron chi connectivity index (χ4n) is 2.96. The first-order valence-corrected chi connectivity index (χ1v) is 7.14. The van der Waals surface area contributed by atoms with E-state index in [0.29, 0.717) is 19.2 Å². The minimum absolute atomic E-state index is 0.193. The van der Waals surface area contributed by atoms with Crippen molar-refractivity contribution in [3.63, 3.8) is 0 Å². The van der Waals surface area contributed by atoms with Gasteiger partial charge in [0.05, 0.1) is 6.54 Å². The number of hydrogen-bond acceptors (Lipinski definition) is 4. The van der Waals surface area contributed by atoms with E-state index in [1.807, 2.05) is 19.2 Å². The van der Waals surface area contributed by atoms with Crippen LogP contribution in [0.1, 0.15) is 30.0 Å². The molecule has 1 aromatic carbocycles. The van der Waals surface area contributed by atoms with Gasteiger partial charge in [0.1, 0.15) is 12.4 Å². The molecule has 0 saturated carbocycles. The van der Waals surface area contributed by atoms with Crippen LogP contribution >= 0.6 is 0 Å². The zero-order valence-electron chi connectivity index (χ0n) is 11.6. The summed E-state index contributed by atoms with van der Waals surface area (Å²) in [6.45, 7) is 0.923. The summed E-state index contributed by atoms with van der Waals surface area (Å²) in [5, 5.41) is 5.99. The van der Waals surface area contributed by atoms with Gasteiger partial charge < -0.3 is 20.1 Å². The molecule has 0 aromatic heterocycles. The number of cyclic esters (lactones) is 1. The monoisotopic (exact) mass is 276 g/mol. The summed E-state index contributed by atoms with van der Waals surface area (Å²) < 4.78 is 11.0. The molecule has 20 heavy (non-hydrogen) atoms. The highest BCUT2D eigenvalue weighted by molar-refractivity contribution is 5.69. The number of carbonyl (C=O) groups is 1. The van der Waals surface area contributed by atoms with Crippen molar-refractivity contribution in [3.8, 4) is 5.75 Å². The first kappa shape index (κ1) is 13.2. The Hall–Kier alpha value is -1.75. The van der Waals surface area contributed by atoms with E-state index in [9.17, 15) is 4.79 Å². The average Bonchev–Trinajstić information content (AvgIpc) is 2.90. The van der Waals surface area contributed by atoms with E-state index in [0.717, 1.165) is 18.6 Å². The maximum absolute atomic E-state index is 11.0. The highest BCUT2D eigenvalue weighted by atomic mass is 16.6. The molecule has 5 heteroatoms. The summed E-state index contributed by atoms with van der Waals surface area (Å²) in [5.41, 5.74) is 2.62. The van der Waals surface area contributed by atoms with Crippen molar-refractivity contribution in [1.29, 1.82) is 0 Å². The summed E-state index contributed by atoms with van der Waals surface area (Å²) in [6.07, 6.45) is 2.83. The first-order valence-electron chi connectivity index (χ1n) is 7.14. The predicted octanol–water partition coefficient (Wildman–Crippen LogP) is 1.77. The lowest BCUT2D eigenvalue weighted by Crippen LogP contribution is -2.24. The molecule has 1 aromatic rings. The molecule has 3 rings (SSSR count). The molecule has 1 aliphatic carbocycles. The minimum atomic E-state index is -0.357. The Morgan fingerprint density at radius 2 is 2.40 bits per heavy atom. The number of ether oxygens (including phenoxy) is 2. The van der Waals surface area contributed by atoms with Gasteiger partial charge in [0.25, 0.3) is 0 Å². The van der Waals surface area contributed by atoms with Gasteiger partial charge in [-0.3, -0.25) is 0 Å². The van der Waals surface area contributed by atoms with Crippen LogP contribution < -0.4 is 15.4 Å². The van der Waals surface area contributed by atoms with Crippen molar-refractivity contribution in [2.45, 2.75) is 31.4 Å². The molecule has 5 nitrogen and oxygen atoms in total.